The summed E-state index contributed by atoms with van der Waals surface area (Å²) in [6.07, 6.45) is 2.48. The van der Waals surface area contributed by atoms with Crippen LogP contribution in [0.4, 0.5) is 5.69 Å². The van der Waals surface area contributed by atoms with E-state index in [0.29, 0.717) is 29.5 Å². The predicted octanol–water partition coefficient (Wildman–Crippen LogP) is 4.58. The van der Waals surface area contributed by atoms with Gasteiger partial charge in [-0.1, -0.05) is 19.1 Å². The van der Waals surface area contributed by atoms with E-state index in [1.165, 1.54) is 0 Å². The van der Waals surface area contributed by atoms with Crippen LogP contribution in [0.3, 0.4) is 0 Å². The number of hydrogen-bond donors (Lipinski definition) is 2. The Morgan fingerprint density at radius 3 is 2.60 bits per heavy atom. The van der Waals surface area contributed by atoms with Gasteiger partial charge in [0, 0.05) is 23.9 Å². The summed E-state index contributed by atoms with van der Waals surface area (Å²) in [7, 11) is 1.58. The molecule has 0 aliphatic rings. The zero-order valence-electron chi connectivity index (χ0n) is 16.9. The van der Waals surface area contributed by atoms with E-state index in [1.807, 2.05) is 37.3 Å². The van der Waals surface area contributed by atoms with Crippen LogP contribution in [0.2, 0.25) is 0 Å². The number of nitrogens with zero attached hydrogens (tertiary/aromatic N) is 1. The molecule has 1 heterocycles. The zero-order chi connectivity index (χ0) is 21.3. The van der Waals surface area contributed by atoms with E-state index in [9.17, 15) is 4.79 Å². The first-order valence-corrected chi connectivity index (χ1v) is 9.59. The lowest BCUT2D eigenvalue weighted by Gasteiger charge is -2.13. The minimum Gasteiger partial charge on any atom is -0.493 e. The Labute approximate surface area is 175 Å². The monoisotopic (exact) mass is 408 g/mol. The van der Waals surface area contributed by atoms with Gasteiger partial charge in [0.15, 0.2) is 5.75 Å². The van der Waals surface area contributed by atoms with Crippen molar-refractivity contribution in [2.45, 2.75) is 19.8 Å². The first-order chi connectivity index (χ1) is 14.6. The van der Waals surface area contributed by atoms with Crippen molar-refractivity contribution < 1.29 is 24.2 Å². The number of carboxylic acids is 1. The Hall–Kier alpha value is -3.74. The molecule has 30 heavy (non-hydrogen) atoms. The largest absolute Gasteiger partial charge is 0.493 e. The maximum absolute atomic E-state index is 11.1. The second-order valence-electron chi connectivity index (χ2n) is 6.61. The fourth-order valence-electron chi connectivity index (χ4n) is 2.82. The molecule has 0 spiro atoms. The summed E-state index contributed by atoms with van der Waals surface area (Å²) in [5.41, 5.74) is 6.16. The normalized spacial score (nSPS) is 10.3. The number of hydrogen-bond acceptors (Lipinski definition) is 6. The van der Waals surface area contributed by atoms with Gasteiger partial charge < -0.3 is 19.4 Å². The molecule has 156 valence electrons. The predicted molar refractivity (Wildman–Crippen MR) is 114 cm³/mol. The highest BCUT2D eigenvalue weighted by atomic mass is 16.6. The molecule has 0 aliphatic heterocycles. The average Bonchev–Trinajstić information content (AvgIpc) is 2.76. The second-order valence-corrected chi connectivity index (χ2v) is 6.61. The average molecular weight is 408 g/mol. The van der Waals surface area contributed by atoms with Crippen LogP contribution < -0.4 is 19.8 Å². The Balaban J connectivity index is 1.74. The Morgan fingerprint density at radius 1 is 1.07 bits per heavy atom. The highest BCUT2D eigenvalue weighted by Gasteiger charge is 2.08. The minimum absolute atomic E-state index is 0.111. The van der Waals surface area contributed by atoms with E-state index in [0.717, 1.165) is 23.2 Å². The van der Waals surface area contributed by atoms with Crippen molar-refractivity contribution in [2.24, 2.45) is 0 Å². The van der Waals surface area contributed by atoms with Crippen LogP contribution in [0.5, 0.6) is 17.4 Å². The summed E-state index contributed by atoms with van der Waals surface area (Å²) in [5, 5.41) is 9.09. The molecule has 0 bridgehead atoms. The Morgan fingerprint density at radius 2 is 1.90 bits per heavy atom. The van der Waals surface area contributed by atoms with Crippen LogP contribution in [-0.4, -0.2) is 29.8 Å². The maximum Gasteiger partial charge on any atom is 0.307 e. The van der Waals surface area contributed by atoms with Crippen molar-refractivity contribution >= 4 is 11.7 Å². The summed E-state index contributed by atoms with van der Waals surface area (Å²) in [6, 6.07) is 16.5. The number of carbonyl (C=O) groups is 1. The van der Waals surface area contributed by atoms with Gasteiger partial charge in [-0.2, -0.15) is 0 Å². The Kier molecular flexibility index (Phi) is 7.10. The maximum atomic E-state index is 11.1. The molecule has 0 amide bonds. The third-order valence-electron chi connectivity index (χ3n) is 4.20. The molecule has 0 saturated heterocycles. The first-order valence-electron chi connectivity index (χ1n) is 9.59. The number of carboxylic acid groups (broad SMARTS) is 1. The number of anilines is 1. The number of methoxy groups -OCH3 is 1. The molecule has 0 aliphatic carbocycles. The zero-order valence-corrected chi connectivity index (χ0v) is 16.9. The molecule has 2 aromatic carbocycles. The summed E-state index contributed by atoms with van der Waals surface area (Å²) in [5.74, 6) is 0.683. The van der Waals surface area contributed by atoms with Crippen LogP contribution >= 0.6 is 0 Å². The highest BCUT2D eigenvalue weighted by molar-refractivity contribution is 5.71. The van der Waals surface area contributed by atoms with Crippen molar-refractivity contribution in [1.29, 1.82) is 0 Å². The van der Waals surface area contributed by atoms with Crippen molar-refractivity contribution in [3.05, 3.63) is 66.4 Å². The molecule has 3 rings (SSSR count). The number of benzene rings is 2. The van der Waals surface area contributed by atoms with Gasteiger partial charge in [-0.05, 0) is 47.9 Å². The van der Waals surface area contributed by atoms with E-state index in [4.69, 9.17) is 19.4 Å². The molecular weight excluding hydrogens is 384 g/mol. The van der Waals surface area contributed by atoms with E-state index in [-0.39, 0.29) is 6.42 Å². The fraction of sp³-hybridized carbons (Fsp3) is 0.217. The SMILES string of the molecule is CCCOc1cc(CC(=O)O)cc(ONc2cccc(-c3ccc(OC)nc3)c2)c1. The fourth-order valence-corrected chi connectivity index (χ4v) is 2.82. The van der Waals surface area contributed by atoms with Gasteiger partial charge in [-0.3, -0.25) is 4.79 Å². The molecule has 0 atom stereocenters. The van der Waals surface area contributed by atoms with E-state index in [2.05, 4.69) is 10.5 Å². The molecule has 0 saturated carbocycles. The van der Waals surface area contributed by atoms with Crippen LogP contribution in [-0.2, 0) is 11.2 Å². The molecule has 0 unspecified atom stereocenters. The number of rotatable bonds is 10. The smallest absolute Gasteiger partial charge is 0.307 e. The van der Waals surface area contributed by atoms with Gasteiger partial charge in [0.2, 0.25) is 5.88 Å². The molecule has 0 fully saturated rings. The molecule has 2 N–H and O–H groups in total. The third kappa shape index (κ3) is 5.88. The van der Waals surface area contributed by atoms with Crippen molar-refractivity contribution in [3.63, 3.8) is 0 Å². The lowest BCUT2D eigenvalue weighted by Crippen LogP contribution is -2.07. The van der Waals surface area contributed by atoms with Crippen LogP contribution in [0.1, 0.15) is 18.9 Å². The molecule has 7 heteroatoms. The highest BCUT2D eigenvalue weighted by Crippen LogP contribution is 2.26. The van der Waals surface area contributed by atoms with Gasteiger partial charge in [0.25, 0.3) is 0 Å². The van der Waals surface area contributed by atoms with Gasteiger partial charge in [-0.25, -0.2) is 10.5 Å². The standard InChI is InChI=1S/C23H24N2O5/c1-3-9-29-20-10-16(12-23(26)27)11-21(14-20)30-25-19-6-4-5-17(13-19)18-7-8-22(28-2)24-15-18/h4-8,10-11,13-15,25H,3,9,12H2,1-2H3,(H,26,27). The van der Waals surface area contributed by atoms with Crippen LogP contribution in [0.25, 0.3) is 11.1 Å². The number of aromatic nitrogens is 1. The summed E-state index contributed by atoms with van der Waals surface area (Å²) >= 11 is 0. The van der Waals surface area contributed by atoms with Crippen LogP contribution in [0.15, 0.2) is 60.8 Å². The van der Waals surface area contributed by atoms with Gasteiger partial charge in [0.1, 0.15) is 5.75 Å². The molecule has 7 nitrogen and oxygen atoms in total. The molecular formula is C23H24N2O5. The lowest BCUT2D eigenvalue weighted by atomic mass is 10.1. The van der Waals surface area contributed by atoms with E-state index in [1.54, 1.807) is 37.6 Å². The van der Waals surface area contributed by atoms with Crippen molar-refractivity contribution in [2.75, 3.05) is 19.2 Å². The molecule has 1 aromatic heterocycles. The topological polar surface area (TPSA) is 89.9 Å². The minimum atomic E-state index is -0.914. The van der Waals surface area contributed by atoms with Gasteiger partial charge in [0.05, 0.1) is 25.8 Å². The summed E-state index contributed by atoms with van der Waals surface area (Å²) in [4.78, 5) is 21.0. The van der Waals surface area contributed by atoms with Crippen molar-refractivity contribution in [1.82, 2.24) is 4.98 Å². The van der Waals surface area contributed by atoms with E-state index >= 15 is 0 Å². The van der Waals surface area contributed by atoms with Crippen LogP contribution in [0, 0.1) is 0 Å². The molecule has 0 radical (unpaired) electrons. The van der Waals surface area contributed by atoms with Gasteiger partial charge in [-0.15, -0.1) is 0 Å². The quantitative estimate of drug-likeness (QED) is 0.475. The van der Waals surface area contributed by atoms with Gasteiger partial charge >= 0.3 is 5.97 Å². The molecule has 3 aromatic rings. The Bertz CT molecular complexity index is 989. The number of pyridine rings is 1. The first kappa shape index (κ1) is 21.0. The second kappa shape index (κ2) is 10.2. The number of ether oxygens (including phenoxy) is 2. The van der Waals surface area contributed by atoms with Crippen molar-refractivity contribution in [3.8, 4) is 28.5 Å². The van der Waals surface area contributed by atoms with E-state index < -0.39 is 5.97 Å². The number of nitrogens with one attached hydrogen (secondary N) is 1. The third-order valence-corrected chi connectivity index (χ3v) is 4.20. The summed E-state index contributed by atoms with van der Waals surface area (Å²) in [6.45, 7) is 2.55. The lowest BCUT2D eigenvalue weighted by molar-refractivity contribution is -0.136. The summed E-state index contributed by atoms with van der Waals surface area (Å²) < 4.78 is 10.7. The number of aliphatic carboxylic acids is 1.